The molecule has 0 aromatic heterocycles. The van der Waals surface area contributed by atoms with Crippen molar-refractivity contribution in [3.8, 4) is 0 Å². The number of halogens is 2. The largest absolute Gasteiger partial charge is 0.545 e. The van der Waals surface area contributed by atoms with Gasteiger partial charge in [0.25, 0.3) is 0 Å². The summed E-state index contributed by atoms with van der Waals surface area (Å²) in [5.41, 5.74) is 0.126. The van der Waals surface area contributed by atoms with E-state index in [2.05, 4.69) is 38.4 Å². The molecule has 0 aliphatic rings. The third kappa shape index (κ3) is 4.06. The Kier molecular flexibility index (Phi) is 4.99. The molecular formula is C6H7Br2O2-. The number of aliphatic carboxylic acids is 1. The maximum absolute atomic E-state index is 10.1. The topological polar surface area (TPSA) is 40.1 Å². The summed E-state index contributed by atoms with van der Waals surface area (Å²) < 4.78 is 0. The molecule has 0 bridgehead atoms. The van der Waals surface area contributed by atoms with Crippen LogP contribution in [0.2, 0.25) is 0 Å². The molecule has 0 spiro atoms. The molecule has 0 saturated carbocycles. The van der Waals surface area contributed by atoms with Crippen LogP contribution in [0.15, 0.2) is 12.2 Å². The standard InChI is InChI=1S/C6H8Br2O2/c1-4(6(9)10)2-5(8)3-7/h5H,1-3H2,(H,9,10)/p-1. The third-order valence-electron chi connectivity index (χ3n) is 0.924. The van der Waals surface area contributed by atoms with E-state index in [9.17, 15) is 9.90 Å². The number of alkyl halides is 2. The van der Waals surface area contributed by atoms with E-state index in [1.54, 1.807) is 0 Å². The lowest BCUT2D eigenvalue weighted by Gasteiger charge is -2.08. The Balaban J connectivity index is 3.68. The molecular weight excluding hydrogens is 264 g/mol. The van der Waals surface area contributed by atoms with E-state index < -0.39 is 5.97 Å². The highest BCUT2D eigenvalue weighted by molar-refractivity contribution is 9.12. The molecule has 0 fully saturated rings. The maximum Gasteiger partial charge on any atom is 0.0669 e. The number of carbonyl (C=O) groups excluding carboxylic acids is 1. The van der Waals surface area contributed by atoms with Crippen LogP contribution in [0.1, 0.15) is 6.42 Å². The summed E-state index contributed by atoms with van der Waals surface area (Å²) in [4.78, 5) is 10.2. The molecule has 0 amide bonds. The van der Waals surface area contributed by atoms with Crippen molar-refractivity contribution in [3.05, 3.63) is 12.2 Å². The molecule has 4 heteroatoms. The van der Waals surface area contributed by atoms with Crippen LogP contribution in [-0.4, -0.2) is 16.1 Å². The van der Waals surface area contributed by atoms with Gasteiger partial charge in [-0.1, -0.05) is 38.4 Å². The summed E-state index contributed by atoms with van der Waals surface area (Å²) in [6, 6.07) is 0. The molecule has 0 aliphatic carbocycles. The van der Waals surface area contributed by atoms with Gasteiger partial charge in [-0.25, -0.2) is 0 Å². The number of rotatable bonds is 4. The third-order valence-corrected chi connectivity index (χ3v) is 3.22. The van der Waals surface area contributed by atoms with Crippen molar-refractivity contribution in [3.63, 3.8) is 0 Å². The van der Waals surface area contributed by atoms with E-state index >= 15 is 0 Å². The monoisotopic (exact) mass is 269 g/mol. The van der Waals surface area contributed by atoms with Crippen molar-refractivity contribution in [2.45, 2.75) is 11.2 Å². The van der Waals surface area contributed by atoms with E-state index in [0.717, 1.165) is 0 Å². The Morgan fingerprint density at radius 1 is 1.70 bits per heavy atom. The first-order valence-electron chi connectivity index (χ1n) is 2.67. The van der Waals surface area contributed by atoms with Crippen LogP contribution in [0, 0.1) is 0 Å². The zero-order valence-electron chi connectivity index (χ0n) is 5.27. The Labute approximate surface area is 76.6 Å². The lowest BCUT2D eigenvalue weighted by molar-refractivity contribution is -0.299. The predicted octanol–water partition coefficient (Wildman–Crippen LogP) is 0.841. The van der Waals surface area contributed by atoms with Crippen molar-refractivity contribution in [2.75, 3.05) is 5.33 Å². The average molecular weight is 271 g/mol. The fourth-order valence-electron chi connectivity index (χ4n) is 0.405. The molecule has 0 aromatic rings. The van der Waals surface area contributed by atoms with Crippen molar-refractivity contribution in [1.82, 2.24) is 0 Å². The number of hydrogen-bond acceptors (Lipinski definition) is 2. The van der Waals surface area contributed by atoms with Gasteiger partial charge in [0.15, 0.2) is 0 Å². The maximum atomic E-state index is 10.1. The van der Waals surface area contributed by atoms with Gasteiger partial charge in [0.05, 0.1) is 5.97 Å². The predicted molar refractivity (Wildman–Crippen MR) is 45.3 cm³/mol. The zero-order chi connectivity index (χ0) is 8.15. The van der Waals surface area contributed by atoms with Crippen LogP contribution in [-0.2, 0) is 4.79 Å². The Morgan fingerprint density at radius 3 is 2.50 bits per heavy atom. The minimum Gasteiger partial charge on any atom is -0.545 e. The van der Waals surface area contributed by atoms with Gasteiger partial charge in [-0.15, -0.1) is 0 Å². The highest BCUT2D eigenvalue weighted by Crippen LogP contribution is 2.12. The molecule has 10 heavy (non-hydrogen) atoms. The first-order chi connectivity index (χ1) is 4.57. The van der Waals surface area contributed by atoms with Crippen LogP contribution in [0.3, 0.4) is 0 Å². The first-order valence-corrected chi connectivity index (χ1v) is 4.70. The summed E-state index contributed by atoms with van der Waals surface area (Å²) in [7, 11) is 0. The fraction of sp³-hybridized carbons (Fsp3) is 0.500. The van der Waals surface area contributed by atoms with Crippen LogP contribution in [0.4, 0.5) is 0 Å². The summed E-state index contributed by atoms with van der Waals surface area (Å²) in [6.45, 7) is 3.33. The van der Waals surface area contributed by atoms with Crippen LogP contribution in [0.25, 0.3) is 0 Å². The number of carbonyl (C=O) groups is 1. The Hall–Kier alpha value is 0.170. The molecule has 0 heterocycles. The van der Waals surface area contributed by atoms with Crippen LogP contribution < -0.4 is 5.11 Å². The molecule has 0 saturated heterocycles. The summed E-state index contributed by atoms with van der Waals surface area (Å²) in [6.07, 6.45) is 0.410. The number of carboxylic acids is 1. The van der Waals surface area contributed by atoms with E-state index in [1.165, 1.54) is 0 Å². The van der Waals surface area contributed by atoms with Gasteiger partial charge in [-0.2, -0.15) is 0 Å². The quantitative estimate of drug-likeness (QED) is 0.561. The number of hydrogen-bond donors (Lipinski definition) is 0. The molecule has 0 N–H and O–H groups in total. The van der Waals surface area contributed by atoms with Gasteiger partial charge in [0.1, 0.15) is 0 Å². The average Bonchev–Trinajstić information content (AvgIpc) is 1.87. The van der Waals surface area contributed by atoms with E-state index in [1.807, 2.05) is 0 Å². The second-order valence-corrected chi connectivity index (χ2v) is 3.79. The molecule has 1 unspecified atom stereocenters. The summed E-state index contributed by atoms with van der Waals surface area (Å²) in [5.74, 6) is -1.18. The molecule has 0 radical (unpaired) electrons. The number of carboxylic acid groups (broad SMARTS) is 1. The molecule has 1 atom stereocenters. The molecule has 58 valence electrons. The molecule has 0 aliphatic heterocycles. The first kappa shape index (κ1) is 10.2. The minimum atomic E-state index is -1.18. The van der Waals surface area contributed by atoms with Crippen LogP contribution >= 0.6 is 31.9 Å². The van der Waals surface area contributed by atoms with Crippen molar-refractivity contribution < 1.29 is 9.90 Å². The highest BCUT2D eigenvalue weighted by atomic mass is 79.9. The second-order valence-electron chi connectivity index (χ2n) is 1.85. The summed E-state index contributed by atoms with van der Waals surface area (Å²) >= 11 is 6.44. The van der Waals surface area contributed by atoms with Gasteiger partial charge in [0.2, 0.25) is 0 Å². The highest BCUT2D eigenvalue weighted by Gasteiger charge is 2.03. The van der Waals surface area contributed by atoms with E-state index in [-0.39, 0.29) is 10.4 Å². The Bertz CT molecular complexity index is 145. The SMILES string of the molecule is C=C(CC(Br)CBr)C(=O)[O-]. The van der Waals surface area contributed by atoms with Crippen LogP contribution in [0.5, 0.6) is 0 Å². The minimum absolute atomic E-state index is 0.123. The van der Waals surface area contributed by atoms with Gasteiger partial charge in [0, 0.05) is 10.2 Å². The fourth-order valence-corrected chi connectivity index (χ4v) is 1.02. The summed E-state index contributed by atoms with van der Waals surface area (Å²) in [5, 5.41) is 10.8. The molecule has 2 nitrogen and oxygen atoms in total. The second kappa shape index (κ2) is 4.91. The zero-order valence-corrected chi connectivity index (χ0v) is 8.44. The molecule has 0 rings (SSSR count). The normalized spacial score (nSPS) is 12.6. The van der Waals surface area contributed by atoms with Crippen molar-refractivity contribution >= 4 is 37.8 Å². The smallest absolute Gasteiger partial charge is 0.0669 e. The lowest BCUT2D eigenvalue weighted by atomic mass is 10.2. The van der Waals surface area contributed by atoms with Crippen molar-refractivity contribution in [2.24, 2.45) is 0 Å². The van der Waals surface area contributed by atoms with Gasteiger partial charge in [-0.05, 0) is 12.0 Å². The van der Waals surface area contributed by atoms with Gasteiger partial charge < -0.3 is 9.90 Å². The van der Waals surface area contributed by atoms with Gasteiger partial charge in [-0.3, -0.25) is 0 Å². The van der Waals surface area contributed by atoms with Crippen molar-refractivity contribution in [1.29, 1.82) is 0 Å². The van der Waals surface area contributed by atoms with Gasteiger partial charge >= 0.3 is 0 Å². The van der Waals surface area contributed by atoms with E-state index in [4.69, 9.17) is 0 Å². The van der Waals surface area contributed by atoms with E-state index in [0.29, 0.717) is 11.8 Å². The lowest BCUT2D eigenvalue weighted by Crippen LogP contribution is -2.25. The Morgan fingerprint density at radius 2 is 2.20 bits per heavy atom. The molecule has 0 aromatic carbocycles.